The Hall–Kier alpha value is -3.66. The molecular formula is C20H16N6O2S. The number of nitriles is 2. The van der Waals surface area contributed by atoms with E-state index in [1.807, 2.05) is 6.07 Å². The summed E-state index contributed by atoms with van der Waals surface area (Å²) in [6.45, 7) is 0.0898. The number of hydrogen-bond donors (Lipinski definition) is 2. The van der Waals surface area contributed by atoms with Crippen LogP contribution in [-0.2, 0) is 5.75 Å². The number of aliphatic hydroxyl groups is 1. The Kier molecular flexibility index (Phi) is 6.59. The highest BCUT2D eigenvalue weighted by molar-refractivity contribution is 7.98. The molecule has 2 heterocycles. The fourth-order valence-electron chi connectivity index (χ4n) is 2.63. The van der Waals surface area contributed by atoms with Gasteiger partial charge in [0.1, 0.15) is 40.9 Å². The number of benzene rings is 1. The Morgan fingerprint density at radius 1 is 1.07 bits per heavy atom. The van der Waals surface area contributed by atoms with Crippen LogP contribution in [0.1, 0.15) is 16.7 Å². The minimum Gasteiger partial charge on any atom is -0.491 e. The molecule has 0 saturated heterocycles. The van der Waals surface area contributed by atoms with Gasteiger partial charge in [0.2, 0.25) is 0 Å². The number of anilines is 1. The average molecular weight is 404 g/mol. The van der Waals surface area contributed by atoms with Crippen LogP contribution in [0, 0.1) is 22.7 Å². The predicted molar refractivity (Wildman–Crippen MR) is 108 cm³/mol. The van der Waals surface area contributed by atoms with Crippen molar-refractivity contribution in [2.75, 3.05) is 18.9 Å². The molecule has 8 nitrogen and oxygen atoms in total. The zero-order valence-electron chi connectivity index (χ0n) is 15.2. The summed E-state index contributed by atoms with van der Waals surface area (Å²) in [6, 6.07) is 12.9. The number of aliphatic hydroxyl groups excluding tert-OH is 1. The Morgan fingerprint density at radius 3 is 2.45 bits per heavy atom. The number of hydrogen-bond acceptors (Lipinski definition) is 9. The maximum absolute atomic E-state index is 9.81. The van der Waals surface area contributed by atoms with Crippen molar-refractivity contribution < 1.29 is 9.84 Å². The molecule has 3 N–H and O–H groups in total. The molecule has 0 saturated carbocycles. The van der Waals surface area contributed by atoms with E-state index in [4.69, 9.17) is 15.6 Å². The van der Waals surface area contributed by atoms with Gasteiger partial charge < -0.3 is 15.6 Å². The van der Waals surface area contributed by atoms with E-state index in [0.29, 0.717) is 27.7 Å². The van der Waals surface area contributed by atoms with Crippen molar-refractivity contribution in [3.63, 3.8) is 0 Å². The molecule has 3 aromatic rings. The second-order valence-corrected chi connectivity index (χ2v) is 6.75. The van der Waals surface area contributed by atoms with Gasteiger partial charge in [-0.25, -0.2) is 4.98 Å². The number of ether oxygens (including phenoxy) is 1. The van der Waals surface area contributed by atoms with Gasteiger partial charge in [0.15, 0.2) is 0 Å². The number of pyridine rings is 1. The van der Waals surface area contributed by atoms with Gasteiger partial charge >= 0.3 is 0 Å². The molecule has 0 aliphatic carbocycles. The SMILES string of the molecule is N#Cc1c(N)nc(SCc2ccnnc2)c(C#N)c1-c1ccc(OCCO)cc1. The summed E-state index contributed by atoms with van der Waals surface area (Å²) in [7, 11) is 0. The Balaban J connectivity index is 2.02. The molecule has 29 heavy (non-hydrogen) atoms. The van der Waals surface area contributed by atoms with E-state index in [9.17, 15) is 10.5 Å². The molecule has 0 spiro atoms. The van der Waals surface area contributed by atoms with Crippen molar-refractivity contribution in [2.24, 2.45) is 0 Å². The second-order valence-electron chi connectivity index (χ2n) is 5.79. The van der Waals surface area contributed by atoms with E-state index >= 15 is 0 Å². The molecule has 0 unspecified atom stereocenters. The third kappa shape index (κ3) is 4.61. The number of aromatic nitrogens is 3. The van der Waals surface area contributed by atoms with Crippen molar-refractivity contribution in [1.29, 1.82) is 10.5 Å². The molecule has 0 atom stereocenters. The van der Waals surface area contributed by atoms with E-state index in [2.05, 4.69) is 27.3 Å². The molecule has 0 amide bonds. The van der Waals surface area contributed by atoms with Crippen LogP contribution in [0.4, 0.5) is 5.82 Å². The monoisotopic (exact) mass is 404 g/mol. The number of thioether (sulfide) groups is 1. The first-order valence-corrected chi connectivity index (χ1v) is 9.52. The third-order valence-corrected chi connectivity index (χ3v) is 4.99. The van der Waals surface area contributed by atoms with Crippen LogP contribution in [-0.4, -0.2) is 33.5 Å². The lowest BCUT2D eigenvalue weighted by Crippen LogP contribution is -2.04. The van der Waals surface area contributed by atoms with Gasteiger partial charge in [-0.05, 0) is 29.3 Å². The minimum absolute atomic E-state index is 0.0671. The van der Waals surface area contributed by atoms with E-state index in [1.54, 1.807) is 36.7 Å². The van der Waals surface area contributed by atoms with Gasteiger partial charge in [0.25, 0.3) is 0 Å². The standard InChI is InChI=1S/C20H16N6O2S/c21-9-16-18(14-1-3-15(4-2-14)28-8-7-27)17(10-22)20(26-19(16)23)29-12-13-5-6-24-25-11-13/h1-6,11,27H,7-8,12H2,(H2,23,26). The summed E-state index contributed by atoms with van der Waals surface area (Å²) in [5, 5.41) is 36.3. The first-order valence-electron chi connectivity index (χ1n) is 8.54. The first kappa shape index (κ1) is 20.1. The van der Waals surface area contributed by atoms with E-state index in [0.717, 1.165) is 5.56 Å². The summed E-state index contributed by atoms with van der Waals surface area (Å²) in [4.78, 5) is 4.28. The predicted octanol–water partition coefficient (Wildman–Crippen LogP) is 2.53. The molecule has 0 bridgehead atoms. The lowest BCUT2D eigenvalue weighted by molar-refractivity contribution is 0.201. The van der Waals surface area contributed by atoms with Gasteiger partial charge in [-0.3, -0.25) is 0 Å². The fourth-order valence-corrected chi connectivity index (χ4v) is 3.56. The molecule has 1 aromatic carbocycles. The smallest absolute Gasteiger partial charge is 0.143 e. The summed E-state index contributed by atoms with van der Waals surface area (Å²) in [5.74, 6) is 1.16. The van der Waals surface area contributed by atoms with Crippen molar-refractivity contribution in [3.05, 3.63) is 59.4 Å². The maximum Gasteiger partial charge on any atom is 0.143 e. The highest BCUT2D eigenvalue weighted by Gasteiger charge is 2.20. The highest BCUT2D eigenvalue weighted by Crippen LogP contribution is 2.37. The van der Waals surface area contributed by atoms with E-state index < -0.39 is 0 Å². The number of nitrogens with zero attached hydrogens (tertiary/aromatic N) is 5. The van der Waals surface area contributed by atoms with Crippen molar-refractivity contribution in [3.8, 4) is 29.0 Å². The van der Waals surface area contributed by atoms with E-state index in [1.165, 1.54) is 11.8 Å². The zero-order chi connectivity index (χ0) is 20.6. The van der Waals surface area contributed by atoms with Crippen LogP contribution in [0.2, 0.25) is 0 Å². The van der Waals surface area contributed by atoms with Crippen LogP contribution in [0.15, 0.2) is 47.8 Å². The Bertz CT molecular complexity index is 1080. The molecule has 0 radical (unpaired) electrons. The van der Waals surface area contributed by atoms with Crippen LogP contribution < -0.4 is 10.5 Å². The van der Waals surface area contributed by atoms with Crippen LogP contribution in [0.3, 0.4) is 0 Å². The van der Waals surface area contributed by atoms with Gasteiger partial charge in [-0.1, -0.05) is 12.1 Å². The maximum atomic E-state index is 9.81. The molecule has 3 rings (SSSR count). The minimum atomic E-state index is -0.0899. The molecule has 0 aliphatic rings. The third-order valence-electron chi connectivity index (χ3n) is 3.94. The lowest BCUT2D eigenvalue weighted by Gasteiger charge is -2.13. The van der Waals surface area contributed by atoms with Crippen LogP contribution in [0.25, 0.3) is 11.1 Å². The summed E-state index contributed by atoms with van der Waals surface area (Å²) < 4.78 is 5.36. The summed E-state index contributed by atoms with van der Waals surface area (Å²) >= 11 is 1.34. The normalized spacial score (nSPS) is 10.2. The Morgan fingerprint density at radius 2 is 1.83 bits per heavy atom. The van der Waals surface area contributed by atoms with Crippen molar-refractivity contribution in [1.82, 2.24) is 15.2 Å². The number of rotatable bonds is 7. The molecular weight excluding hydrogens is 388 g/mol. The van der Waals surface area contributed by atoms with Crippen LogP contribution in [0.5, 0.6) is 5.75 Å². The van der Waals surface area contributed by atoms with Crippen molar-refractivity contribution in [2.45, 2.75) is 10.8 Å². The van der Waals surface area contributed by atoms with E-state index in [-0.39, 0.29) is 30.2 Å². The topological polar surface area (TPSA) is 142 Å². The molecule has 2 aromatic heterocycles. The van der Waals surface area contributed by atoms with Gasteiger partial charge in [-0.2, -0.15) is 20.7 Å². The molecule has 0 aliphatic heterocycles. The number of nitrogens with two attached hydrogens (primary N) is 1. The Labute approximate surface area is 171 Å². The van der Waals surface area contributed by atoms with Gasteiger partial charge in [0.05, 0.1) is 18.4 Å². The summed E-state index contributed by atoms with van der Waals surface area (Å²) in [5.41, 5.74) is 8.47. The average Bonchev–Trinajstić information content (AvgIpc) is 2.76. The largest absolute Gasteiger partial charge is 0.491 e. The quantitative estimate of drug-likeness (QED) is 0.568. The number of nitrogen functional groups attached to an aromatic ring is 1. The highest BCUT2D eigenvalue weighted by atomic mass is 32.2. The molecule has 9 heteroatoms. The molecule has 0 fully saturated rings. The first-order chi connectivity index (χ1) is 14.2. The van der Waals surface area contributed by atoms with Crippen LogP contribution >= 0.6 is 11.8 Å². The lowest BCUT2D eigenvalue weighted by atomic mass is 9.97. The molecule has 144 valence electrons. The fraction of sp³-hybridized carbons (Fsp3) is 0.150. The zero-order valence-corrected chi connectivity index (χ0v) is 16.1. The van der Waals surface area contributed by atoms with Gasteiger partial charge in [0, 0.05) is 17.5 Å². The second kappa shape index (κ2) is 9.51. The van der Waals surface area contributed by atoms with Crippen molar-refractivity contribution >= 4 is 17.6 Å². The van der Waals surface area contributed by atoms with Gasteiger partial charge in [-0.15, -0.1) is 11.8 Å². The summed E-state index contributed by atoms with van der Waals surface area (Å²) in [6.07, 6.45) is 3.23.